The van der Waals surface area contributed by atoms with Crippen LogP contribution < -0.4 is 4.72 Å². The summed E-state index contributed by atoms with van der Waals surface area (Å²) >= 11 is 0. The summed E-state index contributed by atoms with van der Waals surface area (Å²) in [6.07, 6.45) is 4.13. The smallest absolute Gasteiger partial charge is 0.208 e. The fourth-order valence-electron chi connectivity index (χ4n) is 2.67. The fourth-order valence-corrected chi connectivity index (χ4v) is 4.01. The van der Waals surface area contributed by atoms with Crippen molar-refractivity contribution in [3.8, 4) is 0 Å². The Morgan fingerprint density at radius 1 is 0.947 bits per heavy atom. The summed E-state index contributed by atoms with van der Waals surface area (Å²) in [4.78, 5) is 0.359. The van der Waals surface area contributed by atoms with E-state index in [0.717, 1.165) is 36.5 Å². The standard InChI is InChI=1S/C15H17NO2S/c17-19(18,16-14-7-3-4-8-14)15-10-9-12-5-1-2-6-13(12)11-15/h1-2,5-6,9-11,14,16H,3-4,7-8H2. The molecule has 0 aliphatic heterocycles. The van der Waals surface area contributed by atoms with Crippen molar-refractivity contribution in [1.29, 1.82) is 0 Å². The van der Waals surface area contributed by atoms with E-state index in [1.165, 1.54) is 0 Å². The van der Waals surface area contributed by atoms with Crippen molar-refractivity contribution in [3.05, 3.63) is 42.5 Å². The molecule has 1 N–H and O–H groups in total. The molecule has 0 unspecified atom stereocenters. The van der Waals surface area contributed by atoms with Gasteiger partial charge in [-0.3, -0.25) is 0 Å². The Kier molecular flexibility index (Phi) is 3.29. The highest BCUT2D eigenvalue weighted by atomic mass is 32.2. The first-order valence-corrected chi connectivity index (χ1v) is 8.15. The molecule has 2 aromatic rings. The summed E-state index contributed by atoms with van der Waals surface area (Å²) in [5.41, 5.74) is 0. The molecule has 0 spiro atoms. The summed E-state index contributed by atoms with van der Waals surface area (Å²) < 4.78 is 27.4. The summed E-state index contributed by atoms with van der Waals surface area (Å²) in [7, 11) is -3.39. The van der Waals surface area contributed by atoms with E-state index in [-0.39, 0.29) is 6.04 Å². The van der Waals surface area contributed by atoms with Gasteiger partial charge in [0.15, 0.2) is 0 Å². The van der Waals surface area contributed by atoms with Crippen LogP contribution in [-0.2, 0) is 10.0 Å². The van der Waals surface area contributed by atoms with Crippen LogP contribution in [0.3, 0.4) is 0 Å². The molecule has 1 aliphatic carbocycles. The number of hydrogen-bond donors (Lipinski definition) is 1. The van der Waals surface area contributed by atoms with Crippen LogP contribution in [0.2, 0.25) is 0 Å². The lowest BCUT2D eigenvalue weighted by atomic mass is 10.1. The largest absolute Gasteiger partial charge is 0.240 e. The molecular formula is C15H17NO2S. The molecule has 0 aromatic heterocycles. The van der Waals surface area contributed by atoms with E-state index in [1.807, 2.05) is 30.3 Å². The van der Waals surface area contributed by atoms with Crippen molar-refractivity contribution in [2.24, 2.45) is 0 Å². The van der Waals surface area contributed by atoms with Gasteiger partial charge in [0.05, 0.1) is 4.90 Å². The molecule has 0 amide bonds. The Bertz CT molecular complexity index is 688. The summed E-state index contributed by atoms with van der Waals surface area (Å²) in [6, 6.07) is 13.2. The van der Waals surface area contributed by atoms with Gasteiger partial charge in [0.1, 0.15) is 0 Å². The second-order valence-electron chi connectivity index (χ2n) is 5.11. The first kappa shape index (κ1) is 12.6. The number of hydrogen-bond acceptors (Lipinski definition) is 2. The average molecular weight is 275 g/mol. The van der Waals surface area contributed by atoms with Gasteiger partial charge in [0.25, 0.3) is 0 Å². The highest BCUT2D eigenvalue weighted by Gasteiger charge is 2.22. The Hall–Kier alpha value is -1.39. The molecule has 1 fully saturated rings. The van der Waals surface area contributed by atoms with E-state index in [4.69, 9.17) is 0 Å². The molecule has 0 radical (unpaired) electrons. The predicted molar refractivity (Wildman–Crippen MR) is 76.5 cm³/mol. The van der Waals surface area contributed by atoms with Gasteiger partial charge in [-0.25, -0.2) is 13.1 Å². The molecule has 4 heteroatoms. The first-order chi connectivity index (χ1) is 9.15. The minimum Gasteiger partial charge on any atom is -0.208 e. The number of rotatable bonds is 3. The van der Waals surface area contributed by atoms with E-state index >= 15 is 0 Å². The number of benzene rings is 2. The van der Waals surface area contributed by atoms with Crippen LogP contribution in [0.4, 0.5) is 0 Å². The van der Waals surface area contributed by atoms with Crippen molar-refractivity contribution in [2.45, 2.75) is 36.6 Å². The van der Waals surface area contributed by atoms with E-state index in [1.54, 1.807) is 12.1 Å². The second kappa shape index (κ2) is 4.94. The molecule has 100 valence electrons. The van der Waals surface area contributed by atoms with Crippen LogP contribution in [-0.4, -0.2) is 14.5 Å². The van der Waals surface area contributed by atoms with Crippen LogP contribution in [0, 0.1) is 0 Å². The zero-order valence-corrected chi connectivity index (χ0v) is 11.5. The summed E-state index contributed by atoms with van der Waals surface area (Å²) in [6.45, 7) is 0. The van der Waals surface area contributed by atoms with Crippen molar-refractivity contribution in [2.75, 3.05) is 0 Å². The molecule has 3 rings (SSSR count). The summed E-state index contributed by atoms with van der Waals surface area (Å²) in [5.74, 6) is 0. The third-order valence-corrected chi connectivity index (χ3v) is 5.23. The topological polar surface area (TPSA) is 46.2 Å². The van der Waals surface area contributed by atoms with Gasteiger partial charge in [-0.2, -0.15) is 0 Å². The van der Waals surface area contributed by atoms with Crippen LogP contribution >= 0.6 is 0 Å². The van der Waals surface area contributed by atoms with E-state index in [9.17, 15) is 8.42 Å². The monoisotopic (exact) mass is 275 g/mol. The van der Waals surface area contributed by atoms with Crippen LogP contribution in [0.15, 0.2) is 47.4 Å². The molecule has 19 heavy (non-hydrogen) atoms. The quantitative estimate of drug-likeness (QED) is 0.935. The number of fused-ring (bicyclic) bond motifs is 1. The van der Waals surface area contributed by atoms with E-state index < -0.39 is 10.0 Å². The molecule has 0 heterocycles. The average Bonchev–Trinajstić information content (AvgIpc) is 2.90. The van der Waals surface area contributed by atoms with Gasteiger partial charge in [0, 0.05) is 6.04 Å². The van der Waals surface area contributed by atoms with Gasteiger partial charge in [-0.15, -0.1) is 0 Å². The van der Waals surface area contributed by atoms with Crippen molar-refractivity contribution in [3.63, 3.8) is 0 Å². The zero-order chi connectivity index (χ0) is 13.3. The van der Waals surface area contributed by atoms with Gasteiger partial charge in [-0.1, -0.05) is 43.2 Å². The molecule has 0 bridgehead atoms. The van der Waals surface area contributed by atoms with E-state index in [0.29, 0.717) is 4.90 Å². The third-order valence-electron chi connectivity index (χ3n) is 3.71. The molecule has 3 nitrogen and oxygen atoms in total. The van der Waals surface area contributed by atoms with Crippen molar-refractivity contribution >= 4 is 20.8 Å². The maximum absolute atomic E-state index is 12.3. The molecular weight excluding hydrogens is 258 g/mol. The maximum Gasteiger partial charge on any atom is 0.240 e. The molecule has 0 atom stereocenters. The minimum atomic E-state index is -3.39. The number of sulfonamides is 1. The first-order valence-electron chi connectivity index (χ1n) is 6.66. The maximum atomic E-state index is 12.3. The highest BCUT2D eigenvalue weighted by Crippen LogP contribution is 2.22. The van der Waals surface area contributed by atoms with Crippen molar-refractivity contribution < 1.29 is 8.42 Å². The fraction of sp³-hybridized carbons (Fsp3) is 0.333. The lowest BCUT2D eigenvalue weighted by Crippen LogP contribution is -2.32. The third kappa shape index (κ3) is 2.65. The minimum absolute atomic E-state index is 0.108. The highest BCUT2D eigenvalue weighted by molar-refractivity contribution is 7.89. The molecule has 1 aliphatic rings. The Labute approximate surface area is 113 Å². The second-order valence-corrected chi connectivity index (χ2v) is 6.83. The molecule has 0 saturated heterocycles. The summed E-state index contributed by atoms with van der Waals surface area (Å²) in [5, 5.41) is 2.01. The Morgan fingerprint density at radius 3 is 2.37 bits per heavy atom. The molecule has 2 aromatic carbocycles. The lowest BCUT2D eigenvalue weighted by molar-refractivity contribution is 0.552. The molecule has 1 saturated carbocycles. The lowest BCUT2D eigenvalue weighted by Gasteiger charge is -2.12. The predicted octanol–water partition coefficient (Wildman–Crippen LogP) is 3.06. The SMILES string of the molecule is O=S(=O)(NC1CCCC1)c1ccc2ccccc2c1. The van der Waals surface area contributed by atoms with Crippen LogP contribution in [0.25, 0.3) is 10.8 Å². The van der Waals surface area contributed by atoms with Crippen molar-refractivity contribution in [1.82, 2.24) is 4.72 Å². The zero-order valence-electron chi connectivity index (χ0n) is 10.7. The van der Waals surface area contributed by atoms with Gasteiger partial charge < -0.3 is 0 Å². The van der Waals surface area contributed by atoms with Crippen LogP contribution in [0.5, 0.6) is 0 Å². The van der Waals surface area contributed by atoms with E-state index in [2.05, 4.69) is 4.72 Å². The van der Waals surface area contributed by atoms with Gasteiger partial charge in [0.2, 0.25) is 10.0 Å². The Morgan fingerprint density at radius 2 is 1.63 bits per heavy atom. The number of nitrogens with one attached hydrogen (secondary N) is 1. The van der Waals surface area contributed by atoms with Crippen LogP contribution in [0.1, 0.15) is 25.7 Å². The van der Waals surface area contributed by atoms with Gasteiger partial charge in [-0.05, 0) is 35.7 Å². The Balaban J connectivity index is 1.93. The van der Waals surface area contributed by atoms with Gasteiger partial charge >= 0.3 is 0 Å². The normalized spacial score (nSPS) is 17.1.